The Kier molecular flexibility index (Phi) is 5.51. The molecule has 5 aromatic rings. The van der Waals surface area contributed by atoms with Gasteiger partial charge in [0.25, 0.3) is 21.6 Å². The summed E-state index contributed by atoms with van der Waals surface area (Å²) in [4.78, 5) is 26.2. The molecule has 0 aliphatic rings. The molecule has 170 valence electrons. The van der Waals surface area contributed by atoms with Gasteiger partial charge in [-0.2, -0.15) is 0 Å². The van der Waals surface area contributed by atoms with E-state index in [0.29, 0.717) is 28.0 Å². The number of hydrogen-bond acceptors (Lipinski definition) is 9. The maximum Gasteiger partial charge on any atom is 0.264 e. The third-order valence-electron chi connectivity index (χ3n) is 4.85. The van der Waals surface area contributed by atoms with Crippen LogP contribution in [0.2, 0.25) is 0 Å². The fraction of sp³-hybridized carbons (Fsp3) is 0.0455. The van der Waals surface area contributed by atoms with Crippen LogP contribution in [0.5, 0.6) is 0 Å². The van der Waals surface area contributed by atoms with E-state index in [4.69, 9.17) is 4.52 Å². The molecule has 0 atom stereocenters. The van der Waals surface area contributed by atoms with Crippen molar-refractivity contribution in [3.05, 3.63) is 77.6 Å². The second-order valence-electron chi connectivity index (χ2n) is 7.14. The Balaban J connectivity index is 1.41. The van der Waals surface area contributed by atoms with E-state index in [9.17, 15) is 13.2 Å². The molecule has 4 aromatic heterocycles. The van der Waals surface area contributed by atoms with Gasteiger partial charge in [-0.25, -0.2) is 28.1 Å². The van der Waals surface area contributed by atoms with Crippen LogP contribution in [0.4, 0.5) is 11.6 Å². The lowest BCUT2D eigenvalue weighted by Gasteiger charge is -2.09. The lowest BCUT2D eigenvalue weighted by molar-refractivity contribution is 0.102. The van der Waals surface area contributed by atoms with Crippen molar-refractivity contribution in [2.45, 2.75) is 11.8 Å². The van der Waals surface area contributed by atoms with Crippen molar-refractivity contribution >= 4 is 50.0 Å². The van der Waals surface area contributed by atoms with Crippen LogP contribution in [0.25, 0.3) is 21.7 Å². The number of fused-ring (bicyclic) bond motifs is 1. The minimum atomic E-state index is -3.88. The third kappa shape index (κ3) is 4.23. The molecule has 0 aliphatic heterocycles. The van der Waals surface area contributed by atoms with E-state index >= 15 is 0 Å². The number of hydrogen-bond donors (Lipinski definition) is 2. The normalized spacial score (nSPS) is 11.4. The summed E-state index contributed by atoms with van der Waals surface area (Å²) >= 11 is 1.49. The molecular formula is C22H16N6O4S2. The second kappa shape index (κ2) is 8.65. The Morgan fingerprint density at radius 3 is 2.53 bits per heavy atom. The molecule has 0 bridgehead atoms. The van der Waals surface area contributed by atoms with E-state index < -0.39 is 15.9 Å². The quantitative estimate of drug-likeness (QED) is 0.361. The van der Waals surface area contributed by atoms with Crippen LogP contribution in [0, 0.1) is 6.92 Å². The first-order valence-corrected chi connectivity index (χ1v) is 12.3. The van der Waals surface area contributed by atoms with Gasteiger partial charge >= 0.3 is 0 Å². The monoisotopic (exact) mass is 492 g/mol. The number of rotatable bonds is 6. The summed E-state index contributed by atoms with van der Waals surface area (Å²) in [7, 11) is -3.88. The highest BCUT2D eigenvalue weighted by molar-refractivity contribution is 7.92. The Bertz CT molecular complexity index is 1580. The van der Waals surface area contributed by atoms with Gasteiger partial charge < -0.3 is 9.84 Å². The molecule has 4 heterocycles. The number of carbonyl (C=O) groups excluding carboxylic acids is 1. The summed E-state index contributed by atoms with van der Waals surface area (Å²) < 4.78 is 32.7. The van der Waals surface area contributed by atoms with E-state index in [1.807, 2.05) is 17.5 Å². The molecule has 0 spiro atoms. The Hall–Kier alpha value is -4.16. The van der Waals surface area contributed by atoms with Crippen LogP contribution >= 0.6 is 11.3 Å². The molecule has 12 heteroatoms. The van der Waals surface area contributed by atoms with Gasteiger partial charge in [-0.1, -0.05) is 11.2 Å². The molecule has 0 aliphatic carbocycles. The summed E-state index contributed by atoms with van der Waals surface area (Å²) in [5.74, 6) is -0.435. The van der Waals surface area contributed by atoms with E-state index in [-0.39, 0.29) is 16.6 Å². The Morgan fingerprint density at radius 1 is 1.06 bits per heavy atom. The maximum absolute atomic E-state index is 13.2. The number of sulfonamides is 1. The standard InChI is InChI=1S/C22H16N6O4S2/c1-13-19-16(12-17(18-4-2-11-33-18)26-21(19)32-27-13)20(29)25-14-5-7-15(8-6-14)34(30,31)28-22-23-9-3-10-24-22/h2-12H,1H3,(H,25,29)(H,23,24,28). The van der Waals surface area contributed by atoms with E-state index in [2.05, 4.69) is 30.1 Å². The van der Waals surface area contributed by atoms with Crippen molar-refractivity contribution in [1.82, 2.24) is 20.1 Å². The molecule has 0 saturated heterocycles. The second-order valence-corrected chi connectivity index (χ2v) is 9.77. The van der Waals surface area contributed by atoms with Crippen LogP contribution in [-0.2, 0) is 10.0 Å². The highest BCUT2D eigenvalue weighted by atomic mass is 32.2. The molecule has 5 rings (SSSR count). The number of pyridine rings is 1. The van der Waals surface area contributed by atoms with Gasteiger partial charge in [0.05, 0.1) is 32.1 Å². The molecule has 0 unspecified atom stereocenters. The molecule has 0 fully saturated rings. The summed E-state index contributed by atoms with van der Waals surface area (Å²) in [5, 5.41) is 9.17. The van der Waals surface area contributed by atoms with Crippen molar-refractivity contribution < 1.29 is 17.7 Å². The summed E-state index contributed by atoms with van der Waals surface area (Å²) in [6.45, 7) is 1.73. The van der Waals surface area contributed by atoms with Crippen LogP contribution in [0.15, 0.2) is 75.7 Å². The zero-order chi connectivity index (χ0) is 23.7. The van der Waals surface area contributed by atoms with Crippen molar-refractivity contribution in [3.8, 4) is 10.6 Å². The smallest absolute Gasteiger partial charge is 0.264 e. The summed E-state index contributed by atoms with van der Waals surface area (Å²) in [6, 6.07) is 12.8. The van der Waals surface area contributed by atoms with Crippen molar-refractivity contribution in [3.63, 3.8) is 0 Å². The number of amides is 1. The Labute approximate surface area is 197 Å². The largest absolute Gasteiger partial charge is 0.335 e. The van der Waals surface area contributed by atoms with Gasteiger partial charge in [-0.3, -0.25) is 4.79 Å². The van der Waals surface area contributed by atoms with Crippen molar-refractivity contribution in [2.75, 3.05) is 10.0 Å². The summed E-state index contributed by atoms with van der Waals surface area (Å²) in [5.41, 5.74) is 2.17. The maximum atomic E-state index is 13.2. The molecule has 10 nitrogen and oxygen atoms in total. The molecule has 1 amide bonds. The molecule has 0 saturated carbocycles. The predicted octanol–water partition coefficient (Wildman–Crippen LogP) is 4.10. The fourth-order valence-electron chi connectivity index (χ4n) is 3.27. The van der Waals surface area contributed by atoms with Gasteiger partial charge in [0.2, 0.25) is 5.95 Å². The first kappa shape index (κ1) is 21.7. The minimum Gasteiger partial charge on any atom is -0.335 e. The highest BCUT2D eigenvalue weighted by Gasteiger charge is 2.20. The average molecular weight is 493 g/mol. The zero-order valence-corrected chi connectivity index (χ0v) is 19.2. The first-order chi connectivity index (χ1) is 16.4. The van der Waals surface area contributed by atoms with Crippen LogP contribution in [0.3, 0.4) is 0 Å². The number of nitrogens with one attached hydrogen (secondary N) is 2. The van der Waals surface area contributed by atoms with Crippen LogP contribution < -0.4 is 10.0 Å². The summed E-state index contributed by atoms with van der Waals surface area (Å²) in [6.07, 6.45) is 2.86. The van der Waals surface area contributed by atoms with Crippen LogP contribution in [0.1, 0.15) is 16.1 Å². The van der Waals surface area contributed by atoms with E-state index in [1.54, 1.807) is 19.1 Å². The SMILES string of the molecule is Cc1noc2nc(-c3cccs3)cc(C(=O)Nc3ccc(S(=O)(=O)Nc4ncccn4)cc3)c12. The van der Waals surface area contributed by atoms with Gasteiger partial charge in [0, 0.05) is 18.1 Å². The van der Waals surface area contributed by atoms with Gasteiger partial charge in [0.15, 0.2) is 0 Å². The highest BCUT2D eigenvalue weighted by Crippen LogP contribution is 2.30. The van der Waals surface area contributed by atoms with Crippen molar-refractivity contribution in [1.29, 1.82) is 0 Å². The topological polar surface area (TPSA) is 140 Å². The number of nitrogens with zero attached hydrogens (tertiary/aromatic N) is 4. The molecular weight excluding hydrogens is 476 g/mol. The number of aryl methyl sites for hydroxylation is 1. The Morgan fingerprint density at radius 2 is 1.82 bits per heavy atom. The number of aromatic nitrogens is 4. The van der Waals surface area contributed by atoms with E-state index in [1.165, 1.54) is 48.0 Å². The lowest BCUT2D eigenvalue weighted by Crippen LogP contribution is -2.15. The van der Waals surface area contributed by atoms with Crippen molar-refractivity contribution in [2.24, 2.45) is 0 Å². The first-order valence-electron chi connectivity index (χ1n) is 9.93. The van der Waals surface area contributed by atoms with Gasteiger partial charge in [-0.15, -0.1) is 11.3 Å². The number of thiophene rings is 1. The van der Waals surface area contributed by atoms with Gasteiger partial charge in [-0.05, 0) is 54.8 Å². The zero-order valence-electron chi connectivity index (χ0n) is 17.6. The number of anilines is 2. The number of carbonyl (C=O) groups is 1. The molecule has 1 aromatic carbocycles. The van der Waals surface area contributed by atoms with Crippen LogP contribution in [-0.4, -0.2) is 34.4 Å². The average Bonchev–Trinajstić information content (AvgIpc) is 3.50. The van der Waals surface area contributed by atoms with Gasteiger partial charge in [0.1, 0.15) is 0 Å². The third-order valence-corrected chi connectivity index (χ3v) is 7.09. The number of benzene rings is 1. The lowest BCUT2D eigenvalue weighted by atomic mass is 10.1. The molecule has 0 radical (unpaired) electrons. The fourth-order valence-corrected chi connectivity index (χ4v) is 4.92. The predicted molar refractivity (Wildman–Crippen MR) is 127 cm³/mol. The van der Waals surface area contributed by atoms with E-state index in [0.717, 1.165) is 4.88 Å². The molecule has 2 N–H and O–H groups in total. The molecule has 34 heavy (non-hydrogen) atoms. The minimum absolute atomic E-state index is 0.000820.